The Morgan fingerprint density at radius 3 is 2.57 bits per heavy atom. The van der Waals surface area contributed by atoms with Crippen molar-refractivity contribution in [3.05, 3.63) is 65.2 Å². The fraction of sp³-hybridized carbons (Fsp3) is 0.188. The largest absolute Gasteiger partial charge is 0.358 e. The second-order valence-corrected chi connectivity index (χ2v) is 6.57. The van der Waals surface area contributed by atoms with E-state index in [4.69, 9.17) is 4.28 Å². The molecular formula is C16H15NO3S. The molecule has 21 heavy (non-hydrogen) atoms. The molecule has 0 aliphatic heterocycles. The van der Waals surface area contributed by atoms with Crippen LogP contribution in [0.1, 0.15) is 23.1 Å². The maximum absolute atomic E-state index is 12.0. The smallest absolute Gasteiger partial charge is 0.264 e. The van der Waals surface area contributed by atoms with E-state index in [2.05, 4.69) is 11.2 Å². The Kier molecular flexibility index (Phi) is 3.51. The number of rotatable bonds is 3. The Bertz CT molecular complexity index is 796. The highest BCUT2D eigenvalue weighted by atomic mass is 32.2. The molecule has 108 valence electrons. The van der Waals surface area contributed by atoms with Crippen LogP contribution >= 0.6 is 0 Å². The van der Waals surface area contributed by atoms with E-state index in [0.717, 1.165) is 12.0 Å². The number of nitrogens with zero attached hydrogens (tertiary/aromatic N) is 1. The van der Waals surface area contributed by atoms with Gasteiger partial charge in [0.15, 0.2) is 0 Å². The molecule has 2 aromatic carbocycles. The minimum atomic E-state index is -3.85. The van der Waals surface area contributed by atoms with Crippen molar-refractivity contribution in [3.8, 4) is 0 Å². The molecule has 0 atom stereocenters. The Hall–Kier alpha value is -2.14. The summed E-state index contributed by atoms with van der Waals surface area (Å²) >= 11 is 0. The zero-order valence-electron chi connectivity index (χ0n) is 11.6. The van der Waals surface area contributed by atoms with Gasteiger partial charge in [-0.25, -0.2) is 0 Å². The minimum Gasteiger partial charge on any atom is -0.264 e. The van der Waals surface area contributed by atoms with Gasteiger partial charge in [-0.3, -0.25) is 4.28 Å². The summed E-state index contributed by atoms with van der Waals surface area (Å²) in [5, 5.41) is 3.87. The molecular weight excluding hydrogens is 286 g/mol. The van der Waals surface area contributed by atoms with Crippen molar-refractivity contribution in [1.29, 1.82) is 0 Å². The van der Waals surface area contributed by atoms with Crippen LogP contribution in [0, 0.1) is 6.92 Å². The van der Waals surface area contributed by atoms with Crippen molar-refractivity contribution in [2.45, 2.75) is 24.7 Å². The van der Waals surface area contributed by atoms with Crippen LogP contribution in [-0.4, -0.2) is 14.1 Å². The second-order valence-electron chi connectivity index (χ2n) is 5.04. The van der Waals surface area contributed by atoms with Gasteiger partial charge in [-0.1, -0.05) is 47.1 Å². The first-order chi connectivity index (χ1) is 10.1. The number of benzene rings is 2. The molecule has 4 nitrogen and oxygen atoms in total. The monoisotopic (exact) mass is 301 g/mol. The number of aryl methyl sites for hydroxylation is 2. The van der Waals surface area contributed by atoms with Crippen LogP contribution in [0.25, 0.3) is 0 Å². The SMILES string of the molecule is Cc1ccc2c(c1)CC/C2=N\OS(=O)(=O)c1ccccc1. The van der Waals surface area contributed by atoms with Crippen molar-refractivity contribution in [2.24, 2.45) is 5.16 Å². The lowest BCUT2D eigenvalue weighted by molar-refractivity contribution is 0.338. The summed E-state index contributed by atoms with van der Waals surface area (Å²) < 4.78 is 28.9. The Labute approximate surface area is 124 Å². The first-order valence-corrected chi connectivity index (χ1v) is 8.12. The first-order valence-electron chi connectivity index (χ1n) is 6.72. The van der Waals surface area contributed by atoms with E-state index in [-0.39, 0.29) is 4.90 Å². The van der Waals surface area contributed by atoms with Crippen LogP contribution in [0.2, 0.25) is 0 Å². The van der Waals surface area contributed by atoms with Crippen molar-refractivity contribution in [3.63, 3.8) is 0 Å². The van der Waals surface area contributed by atoms with Crippen LogP contribution in [0.3, 0.4) is 0 Å². The lowest BCUT2D eigenvalue weighted by Gasteiger charge is -2.03. The maximum atomic E-state index is 12.0. The first kappa shape index (κ1) is 13.8. The van der Waals surface area contributed by atoms with Gasteiger partial charge in [0.25, 0.3) is 0 Å². The van der Waals surface area contributed by atoms with Crippen LogP contribution in [0.4, 0.5) is 0 Å². The molecule has 0 fully saturated rings. The molecule has 0 spiro atoms. The zero-order valence-corrected chi connectivity index (χ0v) is 12.4. The molecule has 0 amide bonds. The topological polar surface area (TPSA) is 55.7 Å². The molecule has 1 aliphatic rings. The van der Waals surface area contributed by atoms with E-state index in [1.165, 1.54) is 23.3 Å². The summed E-state index contributed by atoms with van der Waals surface area (Å²) in [5.41, 5.74) is 4.04. The van der Waals surface area contributed by atoms with Crippen LogP contribution in [-0.2, 0) is 20.8 Å². The zero-order chi connectivity index (χ0) is 14.9. The van der Waals surface area contributed by atoms with Gasteiger partial charge in [0.05, 0.1) is 5.71 Å². The molecule has 0 heterocycles. The standard InChI is InChI=1S/C16H15NO3S/c1-12-7-9-15-13(11-12)8-10-16(15)17-20-21(18,19)14-5-3-2-4-6-14/h2-7,9,11H,8,10H2,1H3/b17-16+. The van der Waals surface area contributed by atoms with E-state index < -0.39 is 10.1 Å². The van der Waals surface area contributed by atoms with Crippen LogP contribution in [0.15, 0.2) is 58.6 Å². The summed E-state index contributed by atoms with van der Waals surface area (Å²) in [6.45, 7) is 2.03. The summed E-state index contributed by atoms with van der Waals surface area (Å²) in [5.74, 6) is 0. The molecule has 1 aliphatic carbocycles. The third-order valence-electron chi connectivity index (χ3n) is 3.48. The Morgan fingerprint density at radius 1 is 1.05 bits per heavy atom. The highest BCUT2D eigenvalue weighted by Gasteiger charge is 2.20. The van der Waals surface area contributed by atoms with E-state index in [1.807, 2.05) is 19.1 Å². The summed E-state index contributed by atoms with van der Waals surface area (Å²) in [6.07, 6.45) is 1.56. The molecule has 0 N–H and O–H groups in total. The predicted molar refractivity (Wildman–Crippen MR) is 80.7 cm³/mol. The van der Waals surface area contributed by atoms with Gasteiger partial charge in [-0.15, -0.1) is 0 Å². The number of hydrogen-bond donors (Lipinski definition) is 0. The second kappa shape index (κ2) is 5.33. The number of oxime groups is 1. The van der Waals surface area contributed by atoms with Crippen molar-refractivity contribution in [1.82, 2.24) is 0 Å². The third-order valence-corrected chi connectivity index (χ3v) is 4.60. The number of fused-ring (bicyclic) bond motifs is 1. The highest BCUT2D eigenvalue weighted by molar-refractivity contribution is 7.86. The van der Waals surface area contributed by atoms with Crippen LogP contribution in [0.5, 0.6) is 0 Å². The van der Waals surface area contributed by atoms with Crippen molar-refractivity contribution >= 4 is 15.8 Å². The fourth-order valence-electron chi connectivity index (χ4n) is 2.42. The lowest BCUT2D eigenvalue weighted by atomic mass is 10.1. The van der Waals surface area contributed by atoms with E-state index in [0.29, 0.717) is 12.1 Å². The average molecular weight is 301 g/mol. The summed E-state index contributed by atoms with van der Waals surface area (Å²) in [4.78, 5) is 0.108. The fourth-order valence-corrected chi connectivity index (χ4v) is 3.18. The van der Waals surface area contributed by atoms with Gasteiger partial charge in [0.2, 0.25) is 0 Å². The number of hydrogen-bond acceptors (Lipinski definition) is 4. The molecule has 5 heteroatoms. The molecule has 0 bridgehead atoms. The van der Waals surface area contributed by atoms with Gasteiger partial charge in [-0.2, -0.15) is 8.42 Å². The van der Waals surface area contributed by atoms with Crippen molar-refractivity contribution in [2.75, 3.05) is 0 Å². The lowest BCUT2D eigenvalue weighted by Crippen LogP contribution is -2.05. The predicted octanol–water partition coefficient (Wildman–Crippen LogP) is 3.05. The van der Waals surface area contributed by atoms with Gasteiger partial charge in [0, 0.05) is 5.56 Å². The molecule has 2 aromatic rings. The van der Waals surface area contributed by atoms with E-state index in [9.17, 15) is 8.42 Å². The Morgan fingerprint density at radius 2 is 1.81 bits per heavy atom. The minimum absolute atomic E-state index is 0.108. The molecule has 0 aromatic heterocycles. The van der Waals surface area contributed by atoms with Gasteiger partial charge in [-0.05, 0) is 37.5 Å². The molecule has 0 saturated heterocycles. The maximum Gasteiger partial charge on any atom is 0.358 e. The highest BCUT2D eigenvalue weighted by Crippen LogP contribution is 2.24. The Balaban J connectivity index is 1.86. The van der Waals surface area contributed by atoms with Crippen molar-refractivity contribution < 1.29 is 12.7 Å². The van der Waals surface area contributed by atoms with E-state index in [1.54, 1.807) is 18.2 Å². The average Bonchev–Trinajstić information content (AvgIpc) is 2.88. The molecule has 0 unspecified atom stereocenters. The van der Waals surface area contributed by atoms with Gasteiger partial charge < -0.3 is 0 Å². The third kappa shape index (κ3) is 2.83. The van der Waals surface area contributed by atoms with Gasteiger partial charge in [0.1, 0.15) is 4.90 Å². The summed E-state index contributed by atoms with van der Waals surface area (Å²) in [7, 11) is -3.85. The molecule has 0 radical (unpaired) electrons. The normalized spacial score (nSPS) is 16.0. The quantitative estimate of drug-likeness (QED) is 0.819. The molecule has 3 rings (SSSR count). The van der Waals surface area contributed by atoms with Crippen LogP contribution < -0.4 is 0 Å². The van der Waals surface area contributed by atoms with E-state index >= 15 is 0 Å². The van der Waals surface area contributed by atoms with Gasteiger partial charge >= 0.3 is 10.1 Å². The molecule has 0 saturated carbocycles. The summed E-state index contributed by atoms with van der Waals surface area (Å²) in [6, 6.07) is 14.1.